The lowest BCUT2D eigenvalue weighted by atomic mass is 9.83. The van der Waals surface area contributed by atoms with Crippen LogP contribution in [0.3, 0.4) is 0 Å². The van der Waals surface area contributed by atoms with Crippen LogP contribution in [0, 0.1) is 23.2 Å². The molecule has 2 aliphatic heterocycles. The van der Waals surface area contributed by atoms with Crippen LogP contribution < -0.4 is 16.4 Å². The van der Waals surface area contributed by atoms with Crippen LogP contribution in [0.15, 0.2) is 18.2 Å². The summed E-state index contributed by atoms with van der Waals surface area (Å²) in [6.45, 7) is 2.71. The van der Waals surface area contributed by atoms with Crippen LogP contribution in [-0.4, -0.2) is 52.6 Å². The van der Waals surface area contributed by atoms with E-state index in [0.29, 0.717) is 37.3 Å². The number of rotatable bonds is 5. The van der Waals surface area contributed by atoms with E-state index in [0.717, 1.165) is 0 Å². The first-order chi connectivity index (χ1) is 14.7. The van der Waals surface area contributed by atoms with E-state index in [2.05, 4.69) is 10.6 Å². The summed E-state index contributed by atoms with van der Waals surface area (Å²) in [5.74, 6) is -3.35. The number of ketones is 1. The lowest BCUT2D eigenvalue weighted by molar-refractivity contribution is -0.138. The van der Waals surface area contributed by atoms with Crippen molar-refractivity contribution in [2.24, 2.45) is 23.5 Å². The second kappa shape index (κ2) is 9.15. The zero-order valence-electron chi connectivity index (χ0n) is 17.3. The van der Waals surface area contributed by atoms with Crippen molar-refractivity contribution in [3.8, 4) is 0 Å². The second-order valence-electron chi connectivity index (χ2n) is 8.19. The van der Waals surface area contributed by atoms with Crippen molar-refractivity contribution in [3.63, 3.8) is 0 Å². The Morgan fingerprint density at radius 3 is 2.61 bits per heavy atom. The van der Waals surface area contributed by atoms with E-state index >= 15 is 0 Å². The first-order valence-corrected chi connectivity index (χ1v) is 10.3. The first kappa shape index (κ1) is 22.3. The highest BCUT2D eigenvalue weighted by Gasteiger charge is 2.34. The number of carbonyl (C=O) groups is 4. The molecule has 3 rings (SSSR count). The average Bonchev–Trinajstić information content (AvgIpc) is 2.83. The van der Waals surface area contributed by atoms with Gasteiger partial charge in [-0.15, -0.1) is 0 Å². The molecule has 0 saturated carbocycles. The lowest BCUT2D eigenvalue weighted by Crippen LogP contribution is -2.44. The normalized spacial score (nSPS) is 20.3. The van der Waals surface area contributed by atoms with Crippen LogP contribution in [0.1, 0.15) is 43.0 Å². The third-order valence-corrected chi connectivity index (χ3v) is 5.96. The third kappa shape index (κ3) is 5.19. The zero-order chi connectivity index (χ0) is 22.7. The number of carboxylic acid groups (broad SMARTS) is 1. The number of benzene rings is 1. The number of hydrogen-bond acceptors (Lipinski definition) is 5. The summed E-state index contributed by atoms with van der Waals surface area (Å²) in [5.41, 5.74) is 6.54. The number of aliphatic carboxylic acids is 1. The van der Waals surface area contributed by atoms with Crippen LogP contribution in [0.4, 0.5) is 11.4 Å². The number of hydrogen-bond donors (Lipinski definition) is 5. The minimum Gasteiger partial charge on any atom is -0.481 e. The van der Waals surface area contributed by atoms with Crippen LogP contribution in [-0.2, 0) is 14.4 Å². The minimum absolute atomic E-state index is 0.00292. The van der Waals surface area contributed by atoms with E-state index in [1.165, 1.54) is 6.07 Å². The molecule has 31 heavy (non-hydrogen) atoms. The van der Waals surface area contributed by atoms with Crippen molar-refractivity contribution in [1.82, 2.24) is 4.90 Å². The van der Waals surface area contributed by atoms with Gasteiger partial charge in [0.2, 0.25) is 11.8 Å². The molecule has 0 bridgehead atoms. The number of Topliss-reactive ketones (excluding diaryl/α,β-unsaturated/α-hetero) is 1. The zero-order valence-corrected chi connectivity index (χ0v) is 17.3. The van der Waals surface area contributed by atoms with E-state index in [-0.39, 0.29) is 47.9 Å². The number of amides is 2. The Morgan fingerprint density at radius 1 is 1.32 bits per heavy atom. The van der Waals surface area contributed by atoms with Crippen LogP contribution in [0.5, 0.6) is 0 Å². The summed E-state index contributed by atoms with van der Waals surface area (Å²) in [7, 11) is 0. The van der Waals surface area contributed by atoms with E-state index in [9.17, 15) is 19.2 Å². The molecule has 0 radical (unpaired) electrons. The van der Waals surface area contributed by atoms with Crippen molar-refractivity contribution in [2.45, 2.75) is 32.6 Å². The van der Waals surface area contributed by atoms with Gasteiger partial charge < -0.3 is 26.4 Å². The standard InChI is InChI=1S/C21H27N5O5/c1-11(8-18(28)29)14-10-17(27)25-16-3-2-13(9-15(16)19(14)30)24-20(31)12-4-6-26(7-5-12)21(22)23/h2-3,9,11-12,14H,4-8,10H2,1H3,(H3,22,23)(H,24,31)(H,25,27)(H,28,29). The fourth-order valence-corrected chi connectivity index (χ4v) is 4.13. The molecular weight excluding hydrogens is 402 g/mol. The maximum atomic E-state index is 13.1. The van der Waals surface area contributed by atoms with Crippen molar-refractivity contribution in [1.29, 1.82) is 5.41 Å². The van der Waals surface area contributed by atoms with Crippen molar-refractivity contribution in [3.05, 3.63) is 23.8 Å². The lowest BCUT2D eigenvalue weighted by Gasteiger charge is -2.31. The Balaban J connectivity index is 1.75. The SMILES string of the molecule is CC(CC(=O)O)C1CC(=O)Nc2ccc(NC(=O)C3CCN(C(=N)N)CC3)cc2C1=O. The molecule has 0 aromatic heterocycles. The molecule has 2 unspecified atom stereocenters. The van der Waals surface area contributed by atoms with Gasteiger partial charge in [0.1, 0.15) is 0 Å². The maximum Gasteiger partial charge on any atom is 0.303 e. The van der Waals surface area contributed by atoms with Gasteiger partial charge in [0, 0.05) is 49.0 Å². The topological polar surface area (TPSA) is 166 Å². The number of guanidine groups is 1. The van der Waals surface area contributed by atoms with Gasteiger partial charge in [-0.2, -0.15) is 0 Å². The van der Waals surface area contributed by atoms with Gasteiger partial charge in [-0.25, -0.2) is 0 Å². The van der Waals surface area contributed by atoms with Gasteiger partial charge in [0.15, 0.2) is 11.7 Å². The van der Waals surface area contributed by atoms with Crippen LogP contribution >= 0.6 is 0 Å². The Morgan fingerprint density at radius 2 is 2.00 bits per heavy atom. The number of nitrogens with one attached hydrogen (secondary N) is 3. The fourth-order valence-electron chi connectivity index (χ4n) is 4.13. The molecule has 0 spiro atoms. The van der Waals surface area contributed by atoms with Crippen molar-refractivity contribution >= 4 is 40.9 Å². The number of nitrogens with zero attached hydrogens (tertiary/aromatic N) is 1. The first-order valence-electron chi connectivity index (χ1n) is 10.3. The molecule has 2 atom stereocenters. The predicted octanol–water partition coefficient (Wildman–Crippen LogP) is 1.48. The number of carbonyl (C=O) groups excluding carboxylic acids is 3. The Labute approximate surface area is 179 Å². The number of carboxylic acids is 1. The summed E-state index contributed by atoms with van der Waals surface area (Å²) >= 11 is 0. The van der Waals surface area contributed by atoms with E-state index in [1.54, 1.807) is 24.0 Å². The average molecular weight is 429 g/mol. The van der Waals surface area contributed by atoms with Gasteiger partial charge in [-0.05, 0) is 37.0 Å². The fraction of sp³-hybridized carbons (Fsp3) is 0.476. The molecule has 2 aliphatic rings. The Bertz CT molecular complexity index is 923. The molecule has 6 N–H and O–H groups in total. The molecule has 1 aromatic rings. The molecule has 0 aliphatic carbocycles. The molecule has 1 saturated heterocycles. The number of likely N-dealkylation sites (tertiary alicyclic amines) is 1. The summed E-state index contributed by atoms with van der Waals surface area (Å²) in [6, 6.07) is 4.73. The molecule has 10 nitrogen and oxygen atoms in total. The summed E-state index contributed by atoms with van der Waals surface area (Å²) in [6.07, 6.45) is 0.840. The van der Waals surface area contributed by atoms with E-state index < -0.39 is 17.8 Å². The Hall–Kier alpha value is -3.43. The summed E-state index contributed by atoms with van der Waals surface area (Å²) < 4.78 is 0. The van der Waals surface area contributed by atoms with Crippen molar-refractivity contribution in [2.75, 3.05) is 23.7 Å². The quantitative estimate of drug-likeness (QED) is 0.349. The van der Waals surface area contributed by atoms with Gasteiger partial charge in [-0.1, -0.05) is 6.92 Å². The second-order valence-corrected chi connectivity index (χ2v) is 8.19. The summed E-state index contributed by atoms with van der Waals surface area (Å²) in [5, 5.41) is 22.1. The highest BCUT2D eigenvalue weighted by atomic mass is 16.4. The third-order valence-electron chi connectivity index (χ3n) is 5.96. The minimum atomic E-state index is -1.03. The molecule has 2 amide bonds. The molecule has 1 aromatic carbocycles. The number of fused-ring (bicyclic) bond motifs is 1. The Kier molecular flexibility index (Phi) is 6.57. The highest BCUT2D eigenvalue weighted by molar-refractivity contribution is 6.11. The molecular formula is C21H27N5O5. The number of anilines is 2. The molecule has 2 heterocycles. The number of nitrogens with two attached hydrogens (primary N) is 1. The van der Waals surface area contributed by atoms with Crippen LogP contribution in [0.2, 0.25) is 0 Å². The maximum absolute atomic E-state index is 13.1. The molecule has 1 fully saturated rings. The highest BCUT2D eigenvalue weighted by Crippen LogP contribution is 2.33. The van der Waals surface area contributed by atoms with Gasteiger partial charge in [0.25, 0.3) is 0 Å². The van der Waals surface area contributed by atoms with Gasteiger partial charge in [0.05, 0.1) is 5.69 Å². The van der Waals surface area contributed by atoms with Gasteiger partial charge in [-0.3, -0.25) is 24.6 Å². The van der Waals surface area contributed by atoms with Gasteiger partial charge >= 0.3 is 5.97 Å². The van der Waals surface area contributed by atoms with Crippen LogP contribution in [0.25, 0.3) is 0 Å². The largest absolute Gasteiger partial charge is 0.481 e. The van der Waals surface area contributed by atoms with E-state index in [4.69, 9.17) is 16.2 Å². The predicted molar refractivity (Wildman–Crippen MR) is 114 cm³/mol. The molecule has 10 heteroatoms. The molecule has 166 valence electrons. The van der Waals surface area contributed by atoms with E-state index in [1.807, 2.05) is 0 Å². The van der Waals surface area contributed by atoms with Crippen molar-refractivity contribution < 1.29 is 24.3 Å². The number of piperidine rings is 1. The summed E-state index contributed by atoms with van der Waals surface area (Å²) in [4.78, 5) is 50.8. The monoisotopic (exact) mass is 429 g/mol. The smallest absolute Gasteiger partial charge is 0.303 e.